The summed E-state index contributed by atoms with van der Waals surface area (Å²) in [6, 6.07) is 6.11. The van der Waals surface area contributed by atoms with E-state index in [-0.39, 0.29) is 0 Å². The third-order valence-electron chi connectivity index (χ3n) is 2.64. The number of aryl methyl sites for hydroxylation is 1. The fourth-order valence-corrected chi connectivity index (χ4v) is 2.40. The molecule has 0 spiro atoms. The van der Waals surface area contributed by atoms with Gasteiger partial charge in [0.25, 0.3) is 0 Å². The Kier molecular flexibility index (Phi) is 5.43. The number of hydrogen-bond donors (Lipinski definition) is 2. The van der Waals surface area contributed by atoms with Crippen LogP contribution in [0.2, 0.25) is 0 Å². The van der Waals surface area contributed by atoms with Gasteiger partial charge in [-0.1, -0.05) is 6.07 Å². The highest BCUT2D eigenvalue weighted by molar-refractivity contribution is 7.09. The van der Waals surface area contributed by atoms with E-state index in [4.69, 9.17) is 5.73 Å². The molecule has 0 aliphatic heterocycles. The molecule has 0 radical (unpaired) electrons. The Hall–Kier alpha value is -1.82. The summed E-state index contributed by atoms with van der Waals surface area (Å²) >= 11 is 1.76. The van der Waals surface area contributed by atoms with Gasteiger partial charge in [-0.2, -0.15) is 5.10 Å². The molecule has 2 heterocycles. The number of nitrogens with zero attached hydrogens (tertiary/aromatic N) is 3. The Balaban J connectivity index is 1.57. The predicted octanol–water partition coefficient (Wildman–Crippen LogP) is 1.48. The SMILES string of the molecule is NC(=NCCCn1cccn1)NCCc1cccs1. The number of guanidine groups is 1. The molecule has 2 aromatic rings. The maximum atomic E-state index is 5.79. The van der Waals surface area contributed by atoms with Crippen LogP contribution >= 0.6 is 11.3 Å². The minimum absolute atomic E-state index is 0.525. The first-order valence-electron chi connectivity index (χ1n) is 6.38. The van der Waals surface area contributed by atoms with Crippen molar-refractivity contribution in [1.82, 2.24) is 15.1 Å². The third kappa shape index (κ3) is 5.13. The molecule has 0 fully saturated rings. The maximum Gasteiger partial charge on any atom is 0.188 e. The first-order chi connectivity index (χ1) is 9.34. The summed E-state index contributed by atoms with van der Waals surface area (Å²) < 4.78 is 1.90. The Morgan fingerprint density at radius 3 is 3.16 bits per heavy atom. The van der Waals surface area contributed by atoms with Gasteiger partial charge >= 0.3 is 0 Å². The zero-order chi connectivity index (χ0) is 13.3. The molecule has 0 saturated carbocycles. The third-order valence-corrected chi connectivity index (χ3v) is 3.58. The molecule has 0 bridgehead atoms. The summed E-state index contributed by atoms with van der Waals surface area (Å²) in [5, 5.41) is 9.35. The molecular formula is C13H19N5S. The standard InChI is InChI=1S/C13H19N5S/c14-13(16-8-5-12-4-1-11-19-12)15-6-2-9-18-10-3-7-17-18/h1,3-4,7,10-11H,2,5-6,8-9H2,(H3,14,15,16). The summed E-state index contributed by atoms with van der Waals surface area (Å²) in [6.07, 6.45) is 5.66. The van der Waals surface area contributed by atoms with Crippen molar-refractivity contribution in [3.8, 4) is 0 Å². The zero-order valence-corrected chi connectivity index (χ0v) is 11.6. The number of nitrogens with one attached hydrogen (secondary N) is 1. The molecule has 102 valence electrons. The lowest BCUT2D eigenvalue weighted by Crippen LogP contribution is -2.33. The molecule has 0 atom stereocenters. The highest BCUT2D eigenvalue weighted by Crippen LogP contribution is 2.07. The molecule has 0 aliphatic rings. The molecule has 3 N–H and O–H groups in total. The van der Waals surface area contributed by atoms with Gasteiger partial charge in [0.05, 0.1) is 0 Å². The van der Waals surface area contributed by atoms with Gasteiger partial charge in [-0.3, -0.25) is 9.67 Å². The van der Waals surface area contributed by atoms with Crippen LogP contribution in [-0.2, 0) is 13.0 Å². The Bertz CT molecular complexity index is 475. The second-order valence-electron chi connectivity index (χ2n) is 4.15. The van der Waals surface area contributed by atoms with E-state index >= 15 is 0 Å². The molecular weight excluding hydrogens is 258 g/mol. The first-order valence-corrected chi connectivity index (χ1v) is 7.26. The van der Waals surface area contributed by atoms with Crippen LogP contribution in [0.4, 0.5) is 0 Å². The van der Waals surface area contributed by atoms with Crippen LogP contribution in [0.1, 0.15) is 11.3 Å². The van der Waals surface area contributed by atoms with Crippen LogP contribution in [0.25, 0.3) is 0 Å². The number of thiophene rings is 1. The molecule has 2 aromatic heterocycles. The number of aromatic nitrogens is 2. The monoisotopic (exact) mass is 277 g/mol. The molecule has 19 heavy (non-hydrogen) atoms. The number of nitrogens with two attached hydrogens (primary N) is 1. The molecule has 0 aromatic carbocycles. The van der Waals surface area contributed by atoms with Crippen molar-refractivity contribution in [2.75, 3.05) is 13.1 Å². The summed E-state index contributed by atoms with van der Waals surface area (Å²) in [5.41, 5.74) is 5.79. The van der Waals surface area contributed by atoms with Crippen molar-refractivity contribution in [3.05, 3.63) is 40.8 Å². The predicted molar refractivity (Wildman–Crippen MR) is 79.4 cm³/mol. The fourth-order valence-electron chi connectivity index (χ4n) is 1.69. The highest BCUT2D eigenvalue weighted by Gasteiger charge is 1.95. The van der Waals surface area contributed by atoms with Gasteiger partial charge in [0, 0.05) is 36.9 Å². The fraction of sp³-hybridized carbons (Fsp3) is 0.385. The van der Waals surface area contributed by atoms with E-state index in [0.717, 1.165) is 32.5 Å². The number of hydrogen-bond acceptors (Lipinski definition) is 3. The number of aliphatic imine (C=N–C) groups is 1. The van der Waals surface area contributed by atoms with Crippen LogP contribution in [0.3, 0.4) is 0 Å². The molecule has 0 amide bonds. The molecule has 2 rings (SSSR count). The van der Waals surface area contributed by atoms with Crippen molar-refractivity contribution >= 4 is 17.3 Å². The normalized spacial score (nSPS) is 11.7. The largest absolute Gasteiger partial charge is 0.370 e. The van der Waals surface area contributed by atoms with E-state index in [1.165, 1.54) is 4.88 Å². The van der Waals surface area contributed by atoms with E-state index < -0.39 is 0 Å². The first kappa shape index (κ1) is 13.6. The van der Waals surface area contributed by atoms with E-state index in [1.807, 2.05) is 16.9 Å². The smallest absolute Gasteiger partial charge is 0.188 e. The van der Waals surface area contributed by atoms with Crippen LogP contribution in [0.15, 0.2) is 41.0 Å². The molecule has 0 aliphatic carbocycles. The van der Waals surface area contributed by atoms with Crippen molar-refractivity contribution in [2.24, 2.45) is 10.7 Å². The van der Waals surface area contributed by atoms with Crippen LogP contribution < -0.4 is 11.1 Å². The lowest BCUT2D eigenvalue weighted by Gasteiger charge is -2.04. The van der Waals surface area contributed by atoms with Gasteiger partial charge in [-0.25, -0.2) is 0 Å². The van der Waals surface area contributed by atoms with Crippen LogP contribution in [0, 0.1) is 0 Å². The second-order valence-corrected chi connectivity index (χ2v) is 5.18. The van der Waals surface area contributed by atoms with Crippen LogP contribution in [0.5, 0.6) is 0 Å². The molecule has 5 nitrogen and oxygen atoms in total. The Labute approximate surface area is 117 Å². The zero-order valence-electron chi connectivity index (χ0n) is 10.8. The second kappa shape index (κ2) is 7.58. The molecule has 6 heteroatoms. The van der Waals surface area contributed by atoms with Gasteiger partial charge in [0.1, 0.15) is 0 Å². The minimum atomic E-state index is 0.525. The summed E-state index contributed by atoms with van der Waals surface area (Å²) in [5.74, 6) is 0.525. The van der Waals surface area contributed by atoms with Gasteiger partial charge in [-0.05, 0) is 30.4 Å². The van der Waals surface area contributed by atoms with E-state index in [2.05, 4.69) is 32.9 Å². The lowest BCUT2D eigenvalue weighted by molar-refractivity contribution is 0.584. The van der Waals surface area contributed by atoms with Gasteiger partial charge < -0.3 is 11.1 Å². The minimum Gasteiger partial charge on any atom is -0.370 e. The average Bonchev–Trinajstić information content (AvgIpc) is 3.07. The van der Waals surface area contributed by atoms with Gasteiger partial charge in [0.2, 0.25) is 0 Å². The number of rotatable bonds is 7. The maximum absolute atomic E-state index is 5.79. The molecule has 0 saturated heterocycles. The van der Waals surface area contributed by atoms with Gasteiger partial charge in [0.15, 0.2) is 5.96 Å². The van der Waals surface area contributed by atoms with E-state index in [1.54, 1.807) is 17.5 Å². The van der Waals surface area contributed by atoms with Crippen molar-refractivity contribution < 1.29 is 0 Å². The van der Waals surface area contributed by atoms with Crippen LogP contribution in [-0.4, -0.2) is 28.8 Å². The van der Waals surface area contributed by atoms with E-state index in [0.29, 0.717) is 5.96 Å². The summed E-state index contributed by atoms with van der Waals surface area (Å²) in [7, 11) is 0. The van der Waals surface area contributed by atoms with Crippen molar-refractivity contribution in [1.29, 1.82) is 0 Å². The lowest BCUT2D eigenvalue weighted by atomic mass is 10.3. The Morgan fingerprint density at radius 2 is 2.42 bits per heavy atom. The summed E-state index contributed by atoms with van der Waals surface area (Å²) in [6.45, 7) is 2.42. The molecule has 0 unspecified atom stereocenters. The van der Waals surface area contributed by atoms with Crippen molar-refractivity contribution in [3.63, 3.8) is 0 Å². The quantitative estimate of drug-likeness (QED) is 0.457. The van der Waals surface area contributed by atoms with Gasteiger partial charge in [-0.15, -0.1) is 11.3 Å². The Morgan fingerprint density at radius 1 is 1.47 bits per heavy atom. The topological polar surface area (TPSA) is 68.2 Å². The highest BCUT2D eigenvalue weighted by atomic mass is 32.1. The average molecular weight is 277 g/mol. The summed E-state index contributed by atoms with van der Waals surface area (Å²) in [4.78, 5) is 5.65. The van der Waals surface area contributed by atoms with Crippen molar-refractivity contribution in [2.45, 2.75) is 19.4 Å². The van der Waals surface area contributed by atoms with E-state index in [9.17, 15) is 0 Å².